The van der Waals surface area contributed by atoms with Crippen molar-refractivity contribution < 1.29 is 26.4 Å². The number of halogens is 4. The fourth-order valence-electron chi connectivity index (χ4n) is 8.27. The Morgan fingerprint density at radius 1 is 1.05 bits per heavy atom. The van der Waals surface area contributed by atoms with Gasteiger partial charge in [-0.3, -0.25) is 4.79 Å². The first-order valence-electron chi connectivity index (χ1n) is 15.3. The van der Waals surface area contributed by atoms with Crippen molar-refractivity contribution in [1.29, 1.82) is 0 Å². The van der Waals surface area contributed by atoms with Crippen molar-refractivity contribution in [3.05, 3.63) is 64.4 Å². The van der Waals surface area contributed by atoms with Gasteiger partial charge in [-0.2, -0.15) is 17.9 Å². The molecule has 1 aromatic heterocycles. The number of aromatic nitrogens is 1. The molecule has 3 fully saturated rings. The summed E-state index contributed by atoms with van der Waals surface area (Å²) in [7, 11) is -5.61. The van der Waals surface area contributed by atoms with E-state index >= 15 is 0 Å². The fraction of sp³-hybridized carbons (Fsp3) is 0.613. The molecule has 0 bridgehead atoms. The monoisotopic (exact) mass is 638 g/mol. The van der Waals surface area contributed by atoms with E-state index in [1.54, 1.807) is 12.1 Å². The number of carbonyl (C=O) groups is 1. The highest BCUT2D eigenvalue weighted by Crippen LogP contribution is 2.50. The Hall–Kier alpha value is -2.21. The van der Waals surface area contributed by atoms with Crippen LogP contribution in [0.25, 0.3) is 0 Å². The highest BCUT2D eigenvalue weighted by Gasteiger charge is 2.55. The van der Waals surface area contributed by atoms with Crippen LogP contribution in [0.4, 0.5) is 13.2 Å². The Bertz CT molecular complexity index is 1440. The number of nitrogens with zero attached hydrogens (tertiary/aromatic N) is 2. The van der Waals surface area contributed by atoms with Crippen molar-refractivity contribution >= 4 is 27.5 Å². The third kappa shape index (κ3) is 5.82. The van der Waals surface area contributed by atoms with Crippen LogP contribution < -0.4 is 10.0 Å². The van der Waals surface area contributed by atoms with Crippen LogP contribution in [-0.2, 0) is 20.2 Å². The van der Waals surface area contributed by atoms with E-state index in [-0.39, 0.29) is 29.2 Å². The van der Waals surface area contributed by atoms with Gasteiger partial charge in [-0.05, 0) is 67.6 Å². The van der Waals surface area contributed by atoms with E-state index in [2.05, 4.69) is 39.5 Å². The smallest absolute Gasteiger partial charge is 0.339 e. The lowest BCUT2D eigenvalue weighted by Gasteiger charge is -2.48. The van der Waals surface area contributed by atoms with E-state index in [1.807, 2.05) is 10.8 Å². The Balaban J connectivity index is 1.31. The van der Waals surface area contributed by atoms with Crippen molar-refractivity contribution in [1.82, 2.24) is 19.9 Å². The van der Waals surface area contributed by atoms with Gasteiger partial charge in [0.1, 0.15) is 5.15 Å². The predicted molar refractivity (Wildman–Crippen MR) is 158 cm³/mol. The summed E-state index contributed by atoms with van der Waals surface area (Å²) < 4.78 is 65.8. The van der Waals surface area contributed by atoms with Crippen LogP contribution in [0.5, 0.6) is 0 Å². The third-order valence-electron chi connectivity index (χ3n) is 10.4. The van der Waals surface area contributed by atoms with Crippen molar-refractivity contribution in [2.75, 3.05) is 19.6 Å². The van der Waals surface area contributed by atoms with Gasteiger partial charge in [-0.25, -0.2) is 13.4 Å². The van der Waals surface area contributed by atoms with E-state index in [1.165, 1.54) is 24.8 Å². The number of likely N-dealkylation sites (tertiary alicyclic amines) is 1. The molecule has 2 aliphatic carbocycles. The van der Waals surface area contributed by atoms with Crippen LogP contribution in [0.1, 0.15) is 86.6 Å². The number of pyridine rings is 1. The molecule has 234 valence electrons. The molecule has 3 heterocycles. The number of carbonyl (C=O) groups excluding carboxylic acids is 1. The summed E-state index contributed by atoms with van der Waals surface area (Å²) >= 11 is 6.19. The third-order valence-corrected chi connectivity index (χ3v) is 11.8. The van der Waals surface area contributed by atoms with Crippen LogP contribution in [0.3, 0.4) is 0 Å². The van der Waals surface area contributed by atoms with E-state index in [4.69, 9.17) is 11.6 Å². The second-order valence-electron chi connectivity index (χ2n) is 12.7. The Kier molecular flexibility index (Phi) is 8.56. The van der Waals surface area contributed by atoms with Crippen molar-refractivity contribution in [2.45, 2.75) is 86.7 Å². The average molecular weight is 639 g/mol. The number of piperidine rings is 1. The van der Waals surface area contributed by atoms with E-state index < -0.39 is 32.9 Å². The molecule has 2 aliphatic heterocycles. The molecule has 1 saturated carbocycles. The van der Waals surface area contributed by atoms with Crippen molar-refractivity contribution in [2.24, 2.45) is 11.8 Å². The molecule has 2 saturated heterocycles. The Labute approximate surface area is 256 Å². The second kappa shape index (κ2) is 11.9. The number of benzene rings is 1. The first-order valence-corrected chi connectivity index (χ1v) is 17.2. The van der Waals surface area contributed by atoms with Crippen LogP contribution >= 0.6 is 11.6 Å². The van der Waals surface area contributed by atoms with Gasteiger partial charge in [-0.1, -0.05) is 67.3 Å². The summed E-state index contributed by atoms with van der Waals surface area (Å²) in [5.74, 6) is 0.447. The molecule has 6 rings (SSSR count). The zero-order chi connectivity index (χ0) is 30.4. The van der Waals surface area contributed by atoms with E-state index in [9.17, 15) is 26.4 Å². The quantitative estimate of drug-likeness (QED) is 0.403. The molecule has 2 aromatic rings. The minimum Gasteiger partial charge on any atom is -0.339 e. The lowest BCUT2D eigenvalue weighted by atomic mass is 9.64. The number of alkyl halides is 3. The van der Waals surface area contributed by atoms with Crippen LogP contribution in [0.2, 0.25) is 5.15 Å². The molecule has 5 unspecified atom stereocenters. The van der Waals surface area contributed by atoms with Gasteiger partial charge in [0.15, 0.2) is 0 Å². The lowest BCUT2D eigenvalue weighted by molar-refractivity contribution is -0.143. The molecular formula is C31H38ClF3N4O3S. The summed E-state index contributed by atoms with van der Waals surface area (Å²) in [4.78, 5) is 21.1. The maximum Gasteiger partial charge on any atom is 0.511 e. The molecule has 2 N–H and O–H groups in total. The number of fused-ring (bicyclic) bond motifs is 2. The summed E-state index contributed by atoms with van der Waals surface area (Å²) in [5, 5.41) is 3.45. The Morgan fingerprint density at radius 2 is 1.79 bits per heavy atom. The van der Waals surface area contributed by atoms with Gasteiger partial charge in [0.05, 0.1) is 17.7 Å². The largest absolute Gasteiger partial charge is 0.511 e. The Morgan fingerprint density at radius 3 is 2.51 bits per heavy atom. The first-order chi connectivity index (χ1) is 20.5. The molecule has 12 heteroatoms. The van der Waals surface area contributed by atoms with Gasteiger partial charge in [0.2, 0.25) is 5.91 Å². The zero-order valence-electron chi connectivity index (χ0n) is 24.0. The number of hydrogen-bond acceptors (Lipinski definition) is 5. The molecule has 1 amide bonds. The summed E-state index contributed by atoms with van der Waals surface area (Å²) in [6.45, 7) is 1.55. The molecule has 1 spiro atoms. The summed E-state index contributed by atoms with van der Waals surface area (Å²) in [5.41, 5.74) is -4.10. The van der Waals surface area contributed by atoms with Gasteiger partial charge in [-0.15, -0.1) is 0 Å². The molecule has 43 heavy (non-hydrogen) atoms. The van der Waals surface area contributed by atoms with Gasteiger partial charge in [0, 0.05) is 31.1 Å². The first kappa shape index (κ1) is 30.8. The number of hydrogen-bond donors (Lipinski definition) is 2. The molecule has 4 aliphatic rings. The second-order valence-corrected chi connectivity index (χ2v) is 14.8. The highest BCUT2D eigenvalue weighted by molar-refractivity contribution is 7.90. The zero-order valence-corrected chi connectivity index (χ0v) is 25.5. The topological polar surface area (TPSA) is 91.4 Å². The SMILES string of the molecule is O=C(C1CNCC12CCC(NS(=O)(=O)C(F)(F)F)c1nc(Cl)ccc12)N1CCC(c2ccccc2)CC1C1CCCCC1. The van der Waals surface area contributed by atoms with Crippen molar-refractivity contribution in [3.63, 3.8) is 0 Å². The minimum absolute atomic E-state index is 0.0567. The molecular weight excluding hydrogens is 601 g/mol. The van der Waals surface area contributed by atoms with Crippen LogP contribution in [0, 0.1) is 11.8 Å². The van der Waals surface area contributed by atoms with Crippen molar-refractivity contribution in [3.8, 4) is 0 Å². The number of sulfonamides is 1. The molecule has 1 aromatic carbocycles. The lowest BCUT2D eigenvalue weighted by Crippen LogP contribution is -2.55. The standard InChI is InChI=1S/C31H38ClF3N4O3S/c32-27-12-11-23-28(37-27)25(38-43(41,42)31(33,34)35)13-15-30(23)19-36-18-24(30)29(40)39-16-14-22(20-7-3-1-4-8-20)17-26(39)21-9-5-2-6-10-21/h1,3-4,7-8,11-12,21-22,24-26,36,38H,2,5-6,9-10,13-19H2. The summed E-state index contributed by atoms with van der Waals surface area (Å²) in [6, 6.07) is 12.7. The maximum absolute atomic E-state index is 14.7. The van der Waals surface area contributed by atoms with Gasteiger partial charge < -0.3 is 10.2 Å². The van der Waals surface area contributed by atoms with Gasteiger partial charge >= 0.3 is 15.5 Å². The van der Waals surface area contributed by atoms with Crippen LogP contribution in [-0.4, -0.2) is 55.4 Å². The van der Waals surface area contributed by atoms with E-state index in [0.717, 1.165) is 25.7 Å². The number of amides is 1. The summed E-state index contributed by atoms with van der Waals surface area (Å²) in [6.07, 6.45) is 7.98. The maximum atomic E-state index is 14.7. The molecule has 5 atom stereocenters. The highest BCUT2D eigenvalue weighted by atomic mass is 35.5. The molecule has 7 nitrogen and oxygen atoms in total. The average Bonchev–Trinajstić information content (AvgIpc) is 3.42. The minimum atomic E-state index is -5.61. The molecule has 0 radical (unpaired) electrons. The number of rotatable bonds is 5. The van der Waals surface area contributed by atoms with Gasteiger partial charge in [0.25, 0.3) is 0 Å². The normalized spacial score (nSPS) is 30.4. The van der Waals surface area contributed by atoms with Crippen LogP contribution in [0.15, 0.2) is 42.5 Å². The van der Waals surface area contributed by atoms with E-state index in [0.29, 0.717) is 43.5 Å². The fourth-order valence-corrected chi connectivity index (χ4v) is 9.16. The predicted octanol–water partition coefficient (Wildman–Crippen LogP) is 5.82. The number of nitrogens with one attached hydrogen (secondary N) is 2.